The number of carboxylic acid groups (broad SMARTS) is 1. The first-order valence-electron chi connectivity index (χ1n) is 5.01. The Morgan fingerprint density at radius 2 is 2.13 bits per heavy atom. The van der Waals surface area contributed by atoms with Gasteiger partial charge in [0, 0.05) is 6.20 Å². The maximum atomic E-state index is 11.7. The number of hydrogen-bond acceptors (Lipinski definition) is 3. The molecular weight excluding hydrogens is 196 g/mol. The molecule has 2 rings (SSSR count). The van der Waals surface area contributed by atoms with Crippen molar-refractivity contribution in [2.24, 2.45) is 0 Å². The average Bonchev–Trinajstić information content (AvgIpc) is 2.70. The Labute approximate surface area is 86.4 Å². The van der Waals surface area contributed by atoms with Gasteiger partial charge in [-0.05, 0) is 18.9 Å². The third kappa shape index (κ3) is 1.77. The molecule has 0 aliphatic heterocycles. The fourth-order valence-corrected chi connectivity index (χ4v) is 2.00. The van der Waals surface area contributed by atoms with E-state index in [1.165, 1.54) is 16.9 Å². The number of nitrogens with zero attached hydrogens (tertiary/aromatic N) is 2. The van der Waals surface area contributed by atoms with Gasteiger partial charge in [-0.15, -0.1) is 0 Å². The van der Waals surface area contributed by atoms with Gasteiger partial charge >= 0.3 is 5.97 Å². The second kappa shape index (κ2) is 3.84. The van der Waals surface area contributed by atoms with E-state index in [4.69, 9.17) is 5.11 Å². The molecule has 5 heteroatoms. The number of carboxylic acids is 1. The molecule has 1 fully saturated rings. The molecule has 0 radical (unpaired) electrons. The molecule has 1 N–H and O–H groups in total. The summed E-state index contributed by atoms with van der Waals surface area (Å²) >= 11 is 0. The van der Waals surface area contributed by atoms with Gasteiger partial charge in [-0.3, -0.25) is 4.79 Å². The monoisotopic (exact) mass is 208 g/mol. The molecule has 80 valence electrons. The van der Waals surface area contributed by atoms with E-state index in [1.54, 1.807) is 0 Å². The molecule has 0 aromatic carbocycles. The smallest absolute Gasteiger partial charge is 0.341 e. The molecule has 0 bridgehead atoms. The lowest BCUT2D eigenvalue weighted by molar-refractivity contribution is 0.0693. The van der Waals surface area contributed by atoms with Gasteiger partial charge in [-0.25, -0.2) is 9.48 Å². The molecule has 1 aliphatic rings. The molecule has 1 aliphatic carbocycles. The lowest BCUT2D eigenvalue weighted by Crippen LogP contribution is -2.30. The lowest BCUT2D eigenvalue weighted by atomic mass is 10.2. The second-order valence-electron chi connectivity index (χ2n) is 3.74. The summed E-state index contributed by atoms with van der Waals surface area (Å²) in [6.45, 7) is 0. The normalized spacial score (nSPS) is 16.8. The molecule has 1 saturated carbocycles. The molecule has 0 amide bonds. The Morgan fingerprint density at radius 1 is 1.47 bits per heavy atom. The minimum atomic E-state index is -1.19. The second-order valence-corrected chi connectivity index (χ2v) is 3.74. The summed E-state index contributed by atoms with van der Waals surface area (Å²) in [5, 5.41) is 12.7. The van der Waals surface area contributed by atoms with Crippen LogP contribution in [0.15, 0.2) is 17.1 Å². The van der Waals surface area contributed by atoms with Crippen LogP contribution in [-0.4, -0.2) is 20.9 Å². The SMILES string of the molecule is O=C(O)c1ccnn(C2CCCC2)c1=O. The topological polar surface area (TPSA) is 72.2 Å². The van der Waals surface area contributed by atoms with Crippen LogP contribution in [0.5, 0.6) is 0 Å². The van der Waals surface area contributed by atoms with E-state index >= 15 is 0 Å². The Balaban J connectivity index is 2.44. The van der Waals surface area contributed by atoms with E-state index in [2.05, 4.69) is 5.10 Å². The van der Waals surface area contributed by atoms with Crippen LogP contribution in [0.3, 0.4) is 0 Å². The van der Waals surface area contributed by atoms with Crippen molar-refractivity contribution >= 4 is 5.97 Å². The summed E-state index contributed by atoms with van der Waals surface area (Å²) in [6, 6.07) is 1.33. The first-order chi connectivity index (χ1) is 7.20. The molecular formula is C10H12N2O3. The van der Waals surface area contributed by atoms with E-state index in [0.717, 1.165) is 25.7 Å². The third-order valence-electron chi connectivity index (χ3n) is 2.77. The van der Waals surface area contributed by atoms with Crippen LogP contribution >= 0.6 is 0 Å². The highest BCUT2D eigenvalue weighted by atomic mass is 16.4. The molecule has 1 aromatic rings. The van der Waals surface area contributed by atoms with Crippen LogP contribution in [0.2, 0.25) is 0 Å². The Morgan fingerprint density at radius 3 is 2.73 bits per heavy atom. The Bertz CT molecular complexity index is 433. The van der Waals surface area contributed by atoms with Crippen LogP contribution in [0.4, 0.5) is 0 Å². The summed E-state index contributed by atoms with van der Waals surface area (Å²) in [4.78, 5) is 22.5. The molecule has 0 saturated heterocycles. The van der Waals surface area contributed by atoms with E-state index in [-0.39, 0.29) is 11.6 Å². The van der Waals surface area contributed by atoms with Crippen molar-refractivity contribution in [2.45, 2.75) is 31.7 Å². The zero-order chi connectivity index (χ0) is 10.8. The maximum Gasteiger partial charge on any atom is 0.341 e. The lowest BCUT2D eigenvalue weighted by Gasteiger charge is -2.11. The first-order valence-corrected chi connectivity index (χ1v) is 5.01. The molecule has 0 atom stereocenters. The molecule has 0 spiro atoms. The quantitative estimate of drug-likeness (QED) is 0.788. The van der Waals surface area contributed by atoms with E-state index in [9.17, 15) is 9.59 Å². The fourth-order valence-electron chi connectivity index (χ4n) is 2.00. The van der Waals surface area contributed by atoms with Crippen molar-refractivity contribution in [3.05, 3.63) is 28.2 Å². The van der Waals surface area contributed by atoms with Crippen molar-refractivity contribution in [3.8, 4) is 0 Å². The summed E-state index contributed by atoms with van der Waals surface area (Å²) in [6.07, 6.45) is 5.36. The number of aromatic carboxylic acids is 1. The van der Waals surface area contributed by atoms with Crippen molar-refractivity contribution in [1.29, 1.82) is 0 Å². The predicted octanol–water partition coefficient (Wildman–Crippen LogP) is 1.06. The van der Waals surface area contributed by atoms with Crippen molar-refractivity contribution < 1.29 is 9.90 Å². The van der Waals surface area contributed by atoms with Gasteiger partial charge in [-0.2, -0.15) is 5.10 Å². The van der Waals surface area contributed by atoms with Gasteiger partial charge in [-0.1, -0.05) is 12.8 Å². The van der Waals surface area contributed by atoms with Crippen LogP contribution in [0, 0.1) is 0 Å². The zero-order valence-corrected chi connectivity index (χ0v) is 8.22. The first kappa shape index (κ1) is 9.89. The highest BCUT2D eigenvalue weighted by Crippen LogP contribution is 2.27. The molecule has 5 nitrogen and oxygen atoms in total. The number of carbonyl (C=O) groups is 1. The van der Waals surface area contributed by atoms with Crippen molar-refractivity contribution in [1.82, 2.24) is 9.78 Å². The van der Waals surface area contributed by atoms with Gasteiger partial charge < -0.3 is 5.11 Å². The Kier molecular flexibility index (Phi) is 2.53. The highest BCUT2D eigenvalue weighted by Gasteiger charge is 2.21. The molecule has 1 heterocycles. The molecule has 1 aromatic heterocycles. The van der Waals surface area contributed by atoms with E-state index in [1.807, 2.05) is 0 Å². The van der Waals surface area contributed by atoms with Gasteiger partial charge in [0.2, 0.25) is 0 Å². The zero-order valence-electron chi connectivity index (χ0n) is 8.22. The highest BCUT2D eigenvalue weighted by molar-refractivity contribution is 5.86. The van der Waals surface area contributed by atoms with Gasteiger partial charge in [0.05, 0.1) is 6.04 Å². The van der Waals surface area contributed by atoms with Gasteiger partial charge in [0.25, 0.3) is 5.56 Å². The van der Waals surface area contributed by atoms with Crippen LogP contribution in [-0.2, 0) is 0 Å². The number of hydrogen-bond donors (Lipinski definition) is 1. The van der Waals surface area contributed by atoms with Gasteiger partial charge in [0.1, 0.15) is 5.56 Å². The summed E-state index contributed by atoms with van der Waals surface area (Å²) in [7, 11) is 0. The van der Waals surface area contributed by atoms with Crippen molar-refractivity contribution in [3.63, 3.8) is 0 Å². The van der Waals surface area contributed by atoms with E-state index in [0.29, 0.717) is 0 Å². The Hall–Kier alpha value is -1.65. The minimum absolute atomic E-state index is 0.0804. The summed E-state index contributed by atoms with van der Waals surface area (Å²) in [5.74, 6) is -1.19. The summed E-state index contributed by atoms with van der Waals surface area (Å²) < 4.78 is 1.32. The molecule has 0 unspecified atom stereocenters. The van der Waals surface area contributed by atoms with Crippen LogP contribution in [0.1, 0.15) is 42.1 Å². The third-order valence-corrected chi connectivity index (χ3v) is 2.77. The fraction of sp³-hybridized carbons (Fsp3) is 0.500. The maximum absolute atomic E-state index is 11.7. The van der Waals surface area contributed by atoms with Crippen molar-refractivity contribution in [2.75, 3.05) is 0 Å². The number of aromatic nitrogens is 2. The predicted molar refractivity (Wildman–Crippen MR) is 53.0 cm³/mol. The minimum Gasteiger partial charge on any atom is -0.477 e. The average molecular weight is 208 g/mol. The number of rotatable bonds is 2. The van der Waals surface area contributed by atoms with Gasteiger partial charge in [0.15, 0.2) is 0 Å². The van der Waals surface area contributed by atoms with Crippen LogP contribution < -0.4 is 5.56 Å². The van der Waals surface area contributed by atoms with Crippen LogP contribution in [0.25, 0.3) is 0 Å². The van der Waals surface area contributed by atoms with E-state index < -0.39 is 11.5 Å². The standard InChI is InChI=1S/C10H12N2O3/c13-9-8(10(14)15)5-6-11-12(9)7-3-1-2-4-7/h5-7H,1-4H2,(H,14,15). The summed E-state index contributed by atoms with van der Waals surface area (Å²) in [5.41, 5.74) is -0.686. The molecule has 15 heavy (non-hydrogen) atoms. The largest absolute Gasteiger partial charge is 0.477 e.